The Bertz CT molecular complexity index is 773. The summed E-state index contributed by atoms with van der Waals surface area (Å²) in [5, 5.41) is 0. The third-order valence-corrected chi connectivity index (χ3v) is 5.13. The van der Waals surface area contributed by atoms with Crippen LogP contribution in [0.3, 0.4) is 0 Å². The van der Waals surface area contributed by atoms with E-state index in [1.165, 1.54) is 0 Å². The van der Waals surface area contributed by atoms with Gasteiger partial charge in [-0.1, -0.05) is 61.4 Å². The molecule has 2 aromatic carbocycles. The smallest absolute Gasteiger partial charge is 0.227 e. The summed E-state index contributed by atoms with van der Waals surface area (Å²) in [7, 11) is 0. The first-order chi connectivity index (χ1) is 13.1. The van der Waals surface area contributed by atoms with E-state index < -0.39 is 0 Å². The van der Waals surface area contributed by atoms with Gasteiger partial charge >= 0.3 is 0 Å². The summed E-state index contributed by atoms with van der Waals surface area (Å²) in [6, 6.07) is 17.9. The monoisotopic (exact) mass is 364 g/mol. The number of carbonyl (C=O) groups excluding carboxylic acids is 2. The minimum atomic E-state index is 0.0591. The summed E-state index contributed by atoms with van der Waals surface area (Å²) in [5.74, 6) is 0.202. The molecule has 2 amide bonds. The molecule has 3 rings (SSSR count). The van der Waals surface area contributed by atoms with Gasteiger partial charge in [0.1, 0.15) is 0 Å². The van der Waals surface area contributed by atoms with E-state index in [9.17, 15) is 9.59 Å². The molecule has 0 bridgehead atoms. The van der Waals surface area contributed by atoms with E-state index in [0.717, 1.165) is 55.6 Å². The highest BCUT2D eigenvalue weighted by atomic mass is 16.2. The Hall–Kier alpha value is -2.62. The molecule has 1 heterocycles. The van der Waals surface area contributed by atoms with Crippen LogP contribution in [0.5, 0.6) is 0 Å². The van der Waals surface area contributed by atoms with Gasteiger partial charge in [0.05, 0.1) is 6.42 Å². The number of hydrogen-bond donors (Lipinski definition) is 0. The van der Waals surface area contributed by atoms with Gasteiger partial charge in [-0.15, -0.1) is 0 Å². The summed E-state index contributed by atoms with van der Waals surface area (Å²) in [6.07, 6.45) is 4.57. The molecule has 1 aliphatic rings. The largest absolute Gasteiger partial charge is 0.338 e. The number of amides is 2. The van der Waals surface area contributed by atoms with Crippen molar-refractivity contribution in [2.24, 2.45) is 0 Å². The topological polar surface area (TPSA) is 40.6 Å². The third kappa shape index (κ3) is 5.19. The molecule has 2 aromatic rings. The first-order valence-corrected chi connectivity index (χ1v) is 9.83. The van der Waals surface area contributed by atoms with Gasteiger partial charge in [-0.25, -0.2) is 0 Å². The Morgan fingerprint density at radius 2 is 1.52 bits per heavy atom. The predicted octanol–water partition coefficient (Wildman–Crippen LogP) is 4.18. The zero-order valence-corrected chi connectivity index (χ0v) is 16.1. The molecule has 142 valence electrons. The van der Waals surface area contributed by atoms with Crippen LogP contribution < -0.4 is 4.90 Å². The van der Waals surface area contributed by atoms with E-state index in [1.54, 1.807) is 6.92 Å². The Kier molecular flexibility index (Phi) is 6.64. The van der Waals surface area contributed by atoms with Gasteiger partial charge in [0, 0.05) is 32.2 Å². The van der Waals surface area contributed by atoms with Gasteiger partial charge in [-0.3, -0.25) is 9.59 Å². The van der Waals surface area contributed by atoms with E-state index in [0.29, 0.717) is 13.0 Å². The molecule has 1 aliphatic heterocycles. The molecule has 0 N–H and O–H groups in total. The maximum absolute atomic E-state index is 13.0. The van der Waals surface area contributed by atoms with Crippen LogP contribution in [0.4, 0.5) is 5.69 Å². The van der Waals surface area contributed by atoms with Crippen molar-refractivity contribution < 1.29 is 9.59 Å². The molecule has 0 aromatic heterocycles. The van der Waals surface area contributed by atoms with Crippen molar-refractivity contribution in [2.75, 3.05) is 18.0 Å². The van der Waals surface area contributed by atoms with Crippen LogP contribution in [0.25, 0.3) is 0 Å². The number of anilines is 1. The molecule has 4 nitrogen and oxygen atoms in total. The molecule has 0 spiro atoms. The summed E-state index contributed by atoms with van der Waals surface area (Å²) >= 11 is 0. The van der Waals surface area contributed by atoms with Crippen LogP contribution in [0.1, 0.15) is 43.7 Å². The standard InChI is InChI=1S/C23H28N2O2/c1-19(26)25-16-10-3-2-9-15-24(18-21-13-7-8-14-22(21)25)23(27)17-20-11-5-4-6-12-20/h4-8,11-14H,2-3,9-10,15-18H2,1H3. The van der Waals surface area contributed by atoms with Crippen molar-refractivity contribution in [3.8, 4) is 0 Å². The van der Waals surface area contributed by atoms with E-state index in [-0.39, 0.29) is 11.8 Å². The van der Waals surface area contributed by atoms with Crippen molar-refractivity contribution >= 4 is 17.5 Å². The van der Waals surface area contributed by atoms with Crippen molar-refractivity contribution in [1.29, 1.82) is 0 Å². The van der Waals surface area contributed by atoms with Crippen LogP contribution in [0, 0.1) is 0 Å². The van der Waals surface area contributed by atoms with Crippen LogP contribution in [-0.2, 0) is 22.6 Å². The van der Waals surface area contributed by atoms with Gasteiger partial charge in [-0.05, 0) is 30.0 Å². The fourth-order valence-corrected chi connectivity index (χ4v) is 3.66. The van der Waals surface area contributed by atoms with Gasteiger partial charge in [0.2, 0.25) is 11.8 Å². The van der Waals surface area contributed by atoms with Gasteiger partial charge in [0.25, 0.3) is 0 Å². The molecular formula is C23H28N2O2. The highest BCUT2D eigenvalue weighted by Gasteiger charge is 2.20. The van der Waals surface area contributed by atoms with Crippen LogP contribution in [0.15, 0.2) is 54.6 Å². The Labute approximate surface area is 161 Å². The van der Waals surface area contributed by atoms with Gasteiger partial charge < -0.3 is 9.80 Å². The molecule has 0 fully saturated rings. The first kappa shape index (κ1) is 19.2. The number of fused-ring (bicyclic) bond motifs is 1. The van der Waals surface area contributed by atoms with E-state index in [1.807, 2.05) is 64.4 Å². The van der Waals surface area contributed by atoms with Gasteiger partial charge in [-0.2, -0.15) is 0 Å². The highest BCUT2D eigenvalue weighted by Crippen LogP contribution is 2.24. The number of benzene rings is 2. The SMILES string of the molecule is CC(=O)N1CCCCCCN(C(=O)Cc2ccccc2)Cc2ccccc21. The van der Waals surface area contributed by atoms with E-state index >= 15 is 0 Å². The van der Waals surface area contributed by atoms with Crippen molar-refractivity contribution in [3.05, 3.63) is 65.7 Å². The molecule has 27 heavy (non-hydrogen) atoms. The average molecular weight is 364 g/mol. The zero-order chi connectivity index (χ0) is 19.1. The second-order valence-electron chi connectivity index (χ2n) is 7.19. The number of hydrogen-bond acceptors (Lipinski definition) is 2. The first-order valence-electron chi connectivity index (χ1n) is 9.83. The lowest BCUT2D eigenvalue weighted by molar-refractivity contribution is -0.131. The van der Waals surface area contributed by atoms with E-state index in [4.69, 9.17) is 0 Å². The number of nitrogens with zero attached hydrogens (tertiary/aromatic N) is 2. The van der Waals surface area contributed by atoms with Crippen LogP contribution in [0.2, 0.25) is 0 Å². The van der Waals surface area contributed by atoms with Crippen molar-refractivity contribution in [2.45, 2.75) is 45.6 Å². The third-order valence-electron chi connectivity index (χ3n) is 5.13. The number of carbonyl (C=O) groups is 2. The summed E-state index contributed by atoms with van der Waals surface area (Å²) in [6.45, 7) is 3.67. The van der Waals surface area contributed by atoms with Crippen LogP contribution in [-0.4, -0.2) is 29.8 Å². The molecule has 0 radical (unpaired) electrons. The van der Waals surface area contributed by atoms with E-state index in [2.05, 4.69) is 0 Å². The lowest BCUT2D eigenvalue weighted by atomic mass is 10.1. The minimum absolute atomic E-state index is 0.0591. The van der Waals surface area contributed by atoms with Crippen molar-refractivity contribution in [3.63, 3.8) is 0 Å². The molecular weight excluding hydrogens is 336 g/mol. The number of rotatable bonds is 2. The quantitative estimate of drug-likeness (QED) is 0.802. The van der Waals surface area contributed by atoms with Crippen LogP contribution >= 0.6 is 0 Å². The fraction of sp³-hybridized carbons (Fsp3) is 0.391. The molecule has 0 aliphatic carbocycles. The summed E-state index contributed by atoms with van der Waals surface area (Å²) < 4.78 is 0. The summed E-state index contributed by atoms with van der Waals surface area (Å²) in [5.41, 5.74) is 3.01. The second-order valence-corrected chi connectivity index (χ2v) is 7.19. The van der Waals surface area contributed by atoms with Crippen molar-refractivity contribution in [1.82, 2.24) is 4.90 Å². The molecule has 0 unspecified atom stereocenters. The maximum atomic E-state index is 13.0. The Morgan fingerprint density at radius 3 is 2.26 bits per heavy atom. The molecule has 0 saturated heterocycles. The second kappa shape index (κ2) is 9.36. The normalized spacial score (nSPS) is 15.6. The fourth-order valence-electron chi connectivity index (χ4n) is 3.66. The predicted molar refractivity (Wildman–Crippen MR) is 109 cm³/mol. The lowest BCUT2D eigenvalue weighted by Gasteiger charge is -2.27. The average Bonchev–Trinajstić information content (AvgIpc) is 2.71. The maximum Gasteiger partial charge on any atom is 0.227 e. The Balaban J connectivity index is 1.85. The molecule has 0 saturated carbocycles. The zero-order valence-electron chi connectivity index (χ0n) is 16.1. The Morgan fingerprint density at radius 1 is 0.852 bits per heavy atom. The molecule has 0 atom stereocenters. The summed E-state index contributed by atoms with van der Waals surface area (Å²) in [4.78, 5) is 29.0. The van der Waals surface area contributed by atoms with Gasteiger partial charge in [0.15, 0.2) is 0 Å². The lowest BCUT2D eigenvalue weighted by Crippen LogP contribution is -2.34. The number of para-hydroxylation sites is 1. The molecule has 4 heteroatoms. The minimum Gasteiger partial charge on any atom is -0.338 e. The highest BCUT2D eigenvalue weighted by molar-refractivity contribution is 5.92.